The average molecular weight is 731 g/mol. The highest BCUT2D eigenvalue weighted by Crippen LogP contribution is 2.42. The fourth-order valence-electron chi connectivity index (χ4n) is 8.88. The van der Waals surface area contributed by atoms with Crippen molar-refractivity contribution in [2.75, 3.05) is 63.5 Å². The molecule has 14 heteroatoms. The van der Waals surface area contributed by atoms with Crippen LogP contribution in [0.2, 0.25) is 0 Å². The van der Waals surface area contributed by atoms with Crippen LogP contribution in [0.15, 0.2) is 30.3 Å². The number of nitrogens with one attached hydrogen (secondary N) is 1. The molecule has 0 spiro atoms. The van der Waals surface area contributed by atoms with Gasteiger partial charge in [-0.05, 0) is 67.8 Å². The molecular weight excluding hydrogens is 682 g/mol. The van der Waals surface area contributed by atoms with Crippen LogP contribution in [0.3, 0.4) is 0 Å². The minimum atomic E-state index is -0.862. The first-order valence-electron chi connectivity index (χ1n) is 18.8. The number of likely N-dealkylation sites (N-methyl/N-ethyl adjacent to an activating group) is 1. The summed E-state index contributed by atoms with van der Waals surface area (Å²) in [5.41, 5.74) is 4.84. The van der Waals surface area contributed by atoms with E-state index < -0.39 is 6.17 Å². The molecule has 0 aliphatic carbocycles. The lowest BCUT2D eigenvalue weighted by atomic mass is 9.95. The van der Waals surface area contributed by atoms with Crippen molar-refractivity contribution < 1.29 is 27.8 Å². The number of alkyl halides is 1. The molecule has 4 aliphatic heterocycles. The third kappa shape index (κ3) is 6.87. The van der Waals surface area contributed by atoms with Crippen LogP contribution in [0.25, 0.3) is 10.8 Å². The Morgan fingerprint density at radius 3 is 2.77 bits per heavy atom. The van der Waals surface area contributed by atoms with Crippen molar-refractivity contribution in [2.45, 2.75) is 83.2 Å². The van der Waals surface area contributed by atoms with Gasteiger partial charge in [-0.3, -0.25) is 14.4 Å². The van der Waals surface area contributed by atoms with E-state index in [1.807, 2.05) is 29.8 Å². The van der Waals surface area contributed by atoms with Gasteiger partial charge in [0.15, 0.2) is 6.79 Å². The van der Waals surface area contributed by atoms with Crippen LogP contribution in [0.5, 0.6) is 11.8 Å². The van der Waals surface area contributed by atoms with Gasteiger partial charge < -0.3 is 29.3 Å². The molecule has 2 aromatic carbocycles. The Balaban J connectivity index is 1.17. The SMILES string of the molecule is CCc1c(F)ccc2cc(OCOC)cc(N3CCc4c(nc(OC[C@@]56CCCN5C[C@H](F)C6)nc4N4CCCn5nc(CC(=O)NC)cc5C4)C3)c12. The number of ether oxygens (including phenoxy) is 3. The number of rotatable bonds is 11. The van der Waals surface area contributed by atoms with Crippen LogP contribution in [0, 0.1) is 5.82 Å². The number of halogens is 2. The first-order chi connectivity index (χ1) is 25.8. The first kappa shape index (κ1) is 35.5. The normalized spacial score (nSPS) is 21.3. The van der Waals surface area contributed by atoms with Gasteiger partial charge in [-0.25, -0.2) is 8.78 Å². The molecule has 53 heavy (non-hydrogen) atoms. The number of hydrogen-bond acceptors (Lipinski definition) is 10. The van der Waals surface area contributed by atoms with Crippen molar-refractivity contribution in [1.82, 2.24) is 30.0 Å². The molecule has 8 rings (SSSR count). The Kier molecular flexibility index (Phi) is 9.83. The van der Waals surface area contributed by atoms with Gasteiger partial charge in [0.05, 0.1) is 42.1 Å². The highest BCUT2D eigenvalue weighted by Gasteiger charge is 2.49. The molecule has 1 N–H and O–H groups in total. The van der Waals surface area contributed by atoms with Crippen LogP contribution in [0.4, 0.5) is 20.3 Å². The zero-order valence-corrected chi connectivity index (χ0v) is 30.8. The topological polar surface area (TPSA) is 110 Å². The number of carbonyl (C=O) groups excluding carboxylic acids is 1. The lowest BCUT2D eigenvalue weighted by molar-refractivity contribution is -0.120. The third-order valence-corrected chi connectivity index (χ3v) is 11.4. The zero-order valence-electron chi connectivity index (χ0n) is 30.8. The number of amides is 1. The largest absolute Gasteiger partial charge is 0.467 e. The lowest BCUT2D eigenvalue weighted by Gasteiger charge is -2.35. The first-order valence-corrected chi connectivity index (χ1v) is 18.8. The molecule has 4 aliphatic rings. The number of hydrogen-bond donors (Lipinski definition) is 1. The fourth-order valence-corrected chi connectivity index (χ4v) is 8.88. The molecule has 0 bridgehead atoms. The van der Waals surface area contributed by atoms with Gasteiger partial charge in [-0.15, -0.1) is 0 Å². The second-order valence-corrected chi connectivity index (χ2v) is 14.7. The quantitative estimate of drug-likeness (QED) is 0.218. The van der Waals surface area contributed by atoms with Crippen molar-refractivity contribution in [3.05, 3.63) is 64.4 Å². The summed E-state index contributed by atoms with van der Waals surface area (Å²) >= 11 is 0. The highest BCUT2D eigenvalue weighted by atomic mass is 19.1. The molecule has 4 aromatic rings. The van der Waals surface area contributed by atoms with Gasteiger partial charge >= 0.3 is 6.01 Å². The summed E-state index contributed by atoms with van der Waals surface area (Å²) < 4.78 is 49.6. The van der Waals surface area contributed by atoms with Crippen molar-refractivity contribution in [3.63, 3.8) is 0 Å². The fraction of sp³-hybridized carbons (Fsp3) is 0.538. The van der Waals surface area contributed by atoms with Crippen LogP contribution in [-0.2, 0) is 48.4 Å². The summed E-state index contributed by atoms with van der Waals surface area (Å²) in [6.45, 7) is 6.88. The van der Waals surface area contributed by atoms with E-state index >= 15 is 4.39 Å². The number of nitrogens with zero attached hydrogens (tertiary/aromatic N) is 7. The van der Waals surface area contributed by atoms with Crippen LogP contribution < -0.4 is 24.6 Å². The Bertz CT molecular complexity index is 2010. The van der Waals surface area contributed by atoms with Gasteiger partial charge in [-0.2, -0.15) is 15.1 Å². The Labute approximate surface area is 308 Å². The van der Waals surface area contributed by atoms with E-state index in [1.54, 1.807) is 20.2 Å². The summed E-state index contributed by atoms with van der Waals surface area (Å²) in [5, 5.41) is 9.18. The molecule has 2 fully saturated rings. The number of aromatic nitrogens is 4. The number of methoxy groups -OCH3 is 1. The number of fused-ring (bicyclic) bond motifs is 4. The summed E-state index contributed by atoms with van der Waals surface area (Å²) in [6, 6.07) is 9.52. The molecule has 0 unspecified atom stereocenters. The molecule has 0 saturated carbocycles. The average Bonchev–Trinajstić information content (AvgIpc) is 3.78. The van der Waals surface area contributed by atoms with Crippen molar-refractivity contribution >= 4 is 28.2 Å². The second kappa shape index (κ2) is 14.7. The third-order valence-electron chi connectivity index (χ3n) is 11.4. The van der Waals surface area contributed by atoms with Gasteiger partial charge in [-0.1, -0.05) is 13.0 Å². The van der Waals surface area contributed by atoms with E-state index in [4.69, 9.17) is 29.3 Å². The molecular formula is C39H48F2N8O4. The standard InChI is InChI=1S/C39H48F2N8O4/c1-4-30-32(41)8-7-25-15-29(53-24-51-3)18-34(36(25)30)46-14-9-31-33(22-46)43-38(52-23-39-10-5-12-48(39)20-26(40)19-39)44-37(31)47-11-6-13-49-28(21-47)16-27(45-49)17-35(50)42-2/h7-8,15-16,18,26H,4-6,9-14,17,19-24H2,1-3H3,(H,42,50)/t26-,39+/m1/s1. The number of anilines is 2. The van der Waals surface area contributed by atoms with E-state index in [1.165, 1.54) is 6.07 Å². The molecule has 2 saturated heterocycles. The smallest absolute Gasteiger partial charge is 0.318 e. The Morgan fingerprint density at radius 2 is 1.94 bits per heavy atom. The Morgan fingerprint density at radius 1 is 1.06 bits per heavy atom. The van der Waals surface area contributed by atoms with Crippen molar-refractivity contribution in [1.29, 1.82) is 0 Å². The van der Waals surface area contributed by atoms with E-state index in [9.17, 15) is 9.18 Å². The molecule has 2 atom stereocenters. The van der Waals surface area contributed by atoms with E-state index in [-0.39, 0.29) is 36.5 Å². The maximum atomic E-state index is 15.3. The number of benzene rings is 2. The molecule has 0 radical (unpaired) electrons. The van der Waals surface area contributed by atoms with E-state index in [2.05, 4.69) is 20.0 Å². The predicted molar refractivity (Wildman–Crippen MR) is 197 cm³/mol. The summed E-state index contributed by atoms with van der Waals surface area (Å²) in [5.74, 6) is 1.16. The minimum absolute atomic E-state index is 0.0784. The van der Waals surface area contributed by atoms with Crippen molar-refractivity contribution in [2.24, 2.45) is 0 Å². The molecule has 12 nitrogen and oxygen atoms in total. The predicted octanol–water partition coefficient (Wildman–Crippen LogP) is 4.73. The molecule has 282 valence electrons. The van der Waals surface area contributed by atoms with Gasteiger partial charge in [0, 0.05) is 69.5 Å². The summed E-state index contributed by atoms with van der Waals surface area (Å²) in [4.78, 5) is 29.1. The maximum Gasteiger partial charge on any atom is 0.318 e. The second-order valence-electron chi connectivity index (χ2n) is 14.7. The van der Waals surface area contributed by atoms with Gasteiger partial charge in [0.25, 0.3) is 0 Å². The number of aryl methyl sites for hydroxylation is 2. The van der Waals surface area contributed by atoms with Crippen molar-refractivity contribution in [3.8, 4) is 11.8 Å². The minimum Gasteiger partial charge on any atom is -0.467 e. The van der Waals surface area contributed by atoms with Crippen LogP contribution >= 0.6 is 0 Å². The van der Waals surface area contributed by atoms with E-state index in [0.29, 0.717) is 63.4 Å². The monoisotopic (exact) mass is 730 g/mol. The molecule has 2 aromatic heterocycles. The van der Waals surface area contributed by atoms with Gasteiger partial charge in [0.1, 0.15) is 30.2 Å². The van der Waals surface area contributed by atoms with Crippen LogP contribution in [0.1, 0.15) is 60.8 Å². The van der Waals surface area contributed by atoms with Crippen LogP contribution in [-0.4, -0.2) is 96.0 Å². The zero-order chi connectivity index (χ0) is 36.7. The summed E-state index contributed by atoms with van der Waals surface area (Å²) in [7, 11) is 3.21. The molecule has 1 amide bonds. The maximum absolute atomic E-state index is 15.3. The summed E-state index contributed by atoms with van der Waals surface area (Å²) in [6.07, 6.45) is 3.77. The Hall–Kier alpha value is -4.56. The van der Waals surface area contributed by atoms with E-state index in [0.717, 1.165) is 83.8 Å². The highest BCUT2D eigenvalue weighted by molar-refractivity contribution is 5.98. The molecule has 6 heterocycles. The lowest BCUT2D eigenvalue weighted by Crippen LogP contribution is -2.43. The van der Waals surface area contributed by atoms with Gasteiger partial charge in [0.2, 0.25) is 5.91 Å². The number of carbonyl (C=O) groups is 1.